The van der Waals surface area contributed by atoms with Crippen LogP contribution in [-0.4, -0.2) is 108 Å². The number of rotatable bonds is 7. The molecule has 3 saturated heterocycles. The van der Waals surface area contributed by atoms with Gasteiger partial charge < -0.3 is 15.2 Å². The first-order valence-electron chi connectivity index (χ1n) is 15.4. The average molecular weight is 506 g/mol. The maximum absolute atomic E-state index is 10.9. The Kier molecular flexibility index (Phi) is 9.30. The Morgan fingerprint density at radius 3 is 2.50 bits per heavy atom. The minimum atomic E-state index is -0.652. The van der Waals surface area contributed by atoms with Crippen molar-refractivity contribution in [1.29, 1.82) is 0 Å². The van der Waals surface area contributed by atoms with Gasteiger partial charge >= 0.3 is 0 Å². The third kappa shape index (κ3) is 6.47. The van der Waals surface area contributed by atoms with E-state index in [1.807, 2.05) is 21.0 Å². The van der Waals surface area contributed by atoms with E-state index in [0.717, 1.165) is 51.6 Å². The lowest BCUT2D eigenvalue weighted by molar-refractivity contribution is -0.0496. The van der Waals surface area contributed by atoms with Gasteiger partial charge in [0.25, 0.3) is 0 Å². The average Bonchev–Trinajstić information content (AvgIpc) is 3.25. The number of fused-ring (bicyclic) bond motifs is 1. The highest BCUT2D eigenvalue weighted by atomic mass is 16.5. The van der Waals surface area contributed by atoms with E-state index in [1.165, 1.54) is 70.6 Å². The summed E-state index contributed by atoms with van der Waals surface area (Å²) in [6.07, 6.45) is 15.6. The summed E-state index contributed by atoms with van der Waals surface area (Å²) in [6.45, 7) is 10.8. The fourth-order valence-corrected chi connectivity index (χ4v) is 8.41. The van der Waals surface area contributed by atoms with Gasteiger partial charge in [-0.15, -0.1) is 0 Å². The zero-order valence-corrected chi connectivity index (χ0v) is 23.5. The molecule has 5 aliphatic rings. The maximum Gasteiger partial charge on any atom is 0.0741 e. The minimum Gasteiger partial charge on any atom is -0.390 e. The van der Waals surface area contributed by atoms with Crippen LogP contribution >= 0.6 is 0 Å². The van der Waals surface area contributed by atoms with Gasteiger partial charge in [0, 0.05) is 50.9 Å². The molecule has 0 aromatic rings. The van der Waals surface area contributed by atoms with E-state index in [9.17, 15) is 5.11 Å². The number of hydrogen-bond acceptors (Lipinski definition) is 7. The van der Waals surface area contributed by atoms with Crippen LogP contribution in [0.15, 0.2) is 0 Å². The van der Waals surface area contributed by atoms with Crippen LogP contribution in [0.2, 0.25) is 0 Å². The summed E-state index contributed by atoms with van der Waals surface area (Å²) in [5, 5.41) is 17.4. The van der Waals surface area contributed by atoms with Crippen LogP contribution in [0.3, 0.4) is 0 Å². The fraction of sp³-hybridized carbons (Fsp3) is 1.00. The number of nitrogens with zero attached hydrogens (tertiary/aromatic N) is 3. The largest absolute Gasteiger partial charge is 0.390 e. The summed E-state index contributed by atoms with van der Waals surface area (Å²) in [7, 11) is 1.92. The molecule has 5 rings (SSSR count). The standard InChI is InChI=1S/C29H55N5O2/c1-29(2,35)21-25(24-14-18-34(31-24)23-10-5-4-6-11-23)32-16-8-17-33(20-19-32)28-26(36-3)13-12-22-9-7-15-30-27(22)28/h22-28,30-31,35H,4-21H2,1-3H3. The molecule has 0 aromatic heterocycles. The van der Waals surface area contributed by atoms with Crippen LogP contribution in [0, 0.1) is 5.92 Å². The number of nitrogens with one attached hydrogen (secondary N) is 2. The number of piperidine rings is 1. The van der Waals surface area contributed by atoms with E-state index in [2.05, 4.69) is 25.6 Å². The molecule has 6 atom stereocenters. The van der Waals surface area contributed by atoms with Gasteiger partial charge in [0.15, 0.2) is 0 Å². The van der Waals surface area contributed by atoms with Gasteiger partial charge in [-0.25, -0.2) is 5.01 Å². The molecule has 3 N–H and O–H groups in total. The van der Waals surface area contributed by atoms with E-state index >= 15 is 0 Å². The second kappa shape index (κ2) is 12.3. The molecule has 0 aromatic carbocycles. The highest BCUT2D eigenvalue weighted by molar-refractivity contribution is 5.02. The maximum atomic E-state index is 10.9. The van der Waals surface area contributed by atoms with Crippen LogP contribution in [0.25, 0.3) is 0 Å². The van der Waals surface area contributed by atoms with Crippen molar-refractivity contribution in [2.24, 2.45) is 5.92 Å². The van der Waals surface area contributed by atoms with Crippen LogP contribution in [0.4, 0.5) is 0 Å². The third-order valence-electron chi connectivity index (χ3n) is 10.2. The molecule has 6 unspecified atom stereocenters. The predicted molar refractivity (Wildman–Crippen MR) is 146 cm³/mol. The van der Waals surface area contributed by atoms with E-state index in [-0.39, 0.29) is 0 Å². The van der Waals surface area contributed by atoms with Crippen molar-refractivity contribution in [3.05, 3.63) is 0 Å². The first kappa shape index (κ1) is 27.3. The van der Waals surface area contributed by atoms with Crippen molar-refractivity contribution in [3.63, 3.8) is 0 Å². The first-order valence-corrected chi connectivity index (χ1v) is 15.4. The molecule has 36 heavy (non-hydrogen) atoms. The normalized spacial score (nSPS) is 37.5. The molecule has 0 spiro atoms. The molecule has 7 nitrogen and oxygen atoms in total. The van der Waals surface area contributed by atoms with Gasteiger partial charge in [0.2, 0.25) is 0 Å². The lowest BCUT2D eigenvalue weighted by Crippen LogP contribution is -2.63. The summed E-state index contributed by atoms with van der Waals surface area (Å²) < 4.78 is 6.09. The van der Waals surface area contributed by atoms with E-state index in [4.69, 9.17) is 4.74 Å². The topological polar surface area (TPSA) is 63.2 Å². The number of ether oxygens (including phenoxy) is 1. The van der Waals surface area contributed by atoms with Crippen molar-refractivity contribution < 1.29 is 9.84 Å². The van der Waals surface area contributed by atoms with Crippen LogP contribution in [0.1, 0.15) is 90.9 Å². The van der Waals surface area contributed by atoms with Crippen molar-refractivity contribution in [3.8, 4) is 0 Å². The lowest BCUT2D eigenvalue weighted by atomic mass is 9.74. The van der Waals surface area contributed by atoms with Gasteiger partial charge in [-0.05, 0) is 97.2 Å². The van der Waals surface area contributed by atoms with Crippen LogP contribution in [0.5, 0.6) is 0 Å². The molecule has 0 amide bonds. The molecule has 2 aliphatic carbocycles. The van der Waals surface area contributed by atoms with Gasteiger partial charge in [0.1, 0.15) is 0 Å². The quantitative estimate of drug-likeness (QED) is 0.492. The number of aliphatic hydroxyl groups is 1. The Morgan fingerprint density at radius 1 is 0.889 bits per heavy atom. The summed E-state index contributed by atoms with van der Waals surface area (Å²) in [6, 6.07) is 2.60. The molecular weight excluding hydrogens is 450 g/mol. The van der Waals surface area contributed by atoms with Gasteiger partial charge in [-0.1, -0.05) is 19.3 Å². The Bertz CT molecular complexity index is 681. The van der Waals surface area contributed by atoms with Gasteiger partial charge in [-0.3, -0.25) is 15.2 Å². The van der Waals surface area contributed by atoms with Crippen molar-refractivity contribution in [2.45, 2.75) is 133 Å². The fourth-order valence-electron chi connectivity index (χ4n) is 8.41. The Hall–Kier alpha value is -0.280. The SMILES string of the molecule is COC1CCC2CCCNC2C1N1CCCN(C(CC(C)(C)O)C2CCN(C3CCCCC3)N2)CC1. The number of methoxy groups -OCH3 is 1. The smallest absolute Gasteiger partial charge is 0.0741 e. The second-order valence-corrected chi connectivity index (χ2v) is 13.2. The molecule has 3 heterocycles. The summed E-state index contributed by atoms with van der Waals surface area (Å²) in [5.41, 5.74) is 3.31. The zero-order chi connectivity index (χ0) is 25.1. The molecule has 3 aliphatic heterocycles. The van der Waals surface area contributed by atoms with E-state index < -0.39 is 5.60 Å². The zero-order valence-electron chi connectivity index (χ0n) is 23.5. The molecule has 7 heteroatoms. The van der Waals surface area contributed by atoms with Crippen molar-refractivity contribution in [1.82, 2.24) is 25.6 Å². The molecule has 0 bridgehead atoms. The number of hydrogen-bond donors (Lipinski definition) is 3. The Morgan fingerprint density at radius 2 is 1.72 bits per heavy atom. The lowest BCUT2D eigenvalue weighted by Gasteiger charge is -2.49. The Labute approximate surface area is 220 Å². The highest BCUT2D eigenvalue weighted by Gasteiger charge is 2.45. The van der Waals surface area contributed by atoms with E-state index in [1.54, 1.807) is 0 Å². The van der Waals surface area contributed by atoms with Crippen LogP contribution in [-0.2, 0) is 4.74 Å². The molecule has 5 fully saturated rings. The second-order valence-electron chi connectivity index (χ2n) is 13.2. The molecule has 2 saturated carbocycles. The van der Waals surface area contributed by atoms with Crippen LogP contribution < -0.4 is 10.7 Å². The first-order chi connectivity index (χ1) is 17.4. The predicted octanol–water partition coefficient (Wildman–Crippen LogP) is 2.98. The third-order valence-corrected chi connectivity index (χ3v) is 10.2. The van der Waals surface area contributed by atoms with Gasteiger partial charge in [-0.2, -0.15) is 0 Å². The van der Waals surface area contributed by atoms with Crippen molar-refractivity contribution >= 4 is 0 Å². The summed E-state index contributed by atoms with van der Waals surface area (Å²) >= 11 is 0. The van der Waals surface area contributed by atoms with Gasteiger partial charge in [0.05, 0.1) is 17.7 Å². The molecule has 0 radical (unpaired) electrons. The molecule has 208 valence electrons. The number of hydrazine groups is 1. The summed E-state index contributed by atoms with van der Waals surface area (Å²) in [5.74, 6) is 0.811. The highest BCUT2D eigenvalue weighted by Crippen LogP contribution is 2.36. The monoisotopic (exact) mass is 505 g/mol. The summed E-state index contributed by atoms with van der Waals surface area (Å²) in [4.78, 5) is 5.51. The Balaban J connectivity index is 1.25. The molecular formula is C29H55N5O2. The van der Waals surface area contributed by atoms with Crippen molar-refractivity contribution in [2.75, 3.05) is 46.4 Å². The van der Waals surface area contributed by atoms with E-state index in [0.29, 0.717) is 36.3 Å². The minimum absolute atomic E-state index is 0.344.